The molecule has 0 radical (unpaired) electrons. The quantitative estimate of drug-likeness (QED) is 0.671. The average Bonchev–Trinajstić information content (AvgIpc) is 2.08. The molecule has 0 aliphatic carbocycles. The molecule has 0 aromatic carbocycles. The van der Waals surface area contributed by atoms with Crippen LogP contribution in [0.1, 0.15) is 24.3 Å². The summed E-state index contributed by atoms with van der Waals surface area (Å²) in [5, 5.41) is 0. The summed E-state index contributed by atoms with van der Waals surface area (Å²) in [6, 6.07) is 1.31. The fourth-order valence-electron chi connectivity index (χ4n) is 0.879. The molecule has 0 saturated heterocycles. The van der Waals surface area contributed by atoms with Crippen LogP contribution >= 0.6 is 0 Å². The Bertz CT molecular complexity index is 325. The number of hydrogen-bond donors (Lipinski definition) is 0. The molecule has 0 saturated carbocycles. The van der Waals surface area contributed by atoms with Crippen LogP contribution in [-0.2, 0) is 0 Å². The van der Waals surface area contributed by atoms with E-state index in [0.717, 1.165) is 6.20 Å². The second-order valence-corrected chi connectivity index (χ2v) is 2.49. The van der Waals surface area contributed by atoms with Gasteiger partial charge < -0.3 is 4.74 Å². The lowest BCUT2D eigenvalue weighted by Crippen LogP contribution is -2.01. The van der Waals surface area contributed by atoms with E-state index in [1.54, 1.807) is 6.92 Å². The predicted octanol–water partition coefficient (Wildman–Crippen LogP) is 1.82. The number of ether oxygens (including phenoxy) is 1. The molecule has 0 unspecified atom stereocenters. The van der Waals surface area contributed by atoms with E-state index < -0.39 is 5.82 Å². The van der Waals surface area contributed by atoms with E-state index in [4.69, 9.17) is 4.74 Å². The van der Waals surface area contributed by atoms with Crippen molar-refractivity contribution in [3.8, 4) is 5.75 Å². The van der Waals surface area contributed by atoms with Crippen molar-refractivity contribution in [3.63, 3.8) is 0 Å². The van der Waals surface area contributed by atoms with Crippen LogP contribution in [-0.4, -0.2) is 17.4 Å². The lowest BCUT2D eigenvalue weighted by molar-refractivity contribution is 0.101. The first-order valence-electron chi connectivity index (χ1n) is 3.94. The summed E-state index contributed by atoms with van der Waals surface area (Å²) in [6.45, 7) is 3.47. The Balaban J connectivity index is 3.03. The second kappa shape index (κ2) is 3.98. The number of carbonyl (C=O) groups is 1. The number of aromatic nitrogens is 1. The van der Waals surface area contributed by atoms with Gasteiger partial charge in [0.05, 0.1) is 12.8 Å². The minimum Gasteiger partial charge on any atom is -0.491 e. The van der Waals surface area contributed by atoms with Crippen molar-refractivity contribution < 1.29 is 13.9 Å². The molecule has 3 nitrogen and oxygen atoms in total. The molecule has 13 heavy (non-hydrogen) atoms. The fraction of sp³-hybridized carbons (Fsp3) is 0.333. The average molecular weight is 183 g/mol. The zero-order valence-electron chi connectivity index (χ0n) is 7.50. The van der Waals surface area contributed by atoms with Gasteiger partial charge in [0.25, 0.3) is 0 Å². The summed E-state index contributed by atoms with van der Waals surface area (Å²) in [6.07, 6.45) is 0.988. The van der Waals surface area contributed by atoms with Crippen LogP contribution in [0.5, 0.6) is 5.75 Å². The molecular formula is C9H10FNO2. The van der Waals surface area contributed by atoms with Crippen molar-refractivity contribution in [3.05, 3.63) is 23.8 Å². The van der Waals surface area contributed by atoms with Crippen LogP contribution in [0.25, 0.3) is 0 Å². The van der Waals surface area contributed by atoms with Gasteiger partial charge in [-0.3, -0.25) is 4.79 Å². The number of rotatable bonds is 3. The lowest BCUT2D eigenvalue weighted by Gasteiger charge is -2.04. The van der Waals surface area contributed by atoms with Crippen molar-refractivity contribution >= 4 is 5.78 Å². The molecule has 0 aliphatic rings. The van der Waals surface area contributed by atoms with Crippen LogP contribution < -0.4 is 4.74 Å². The predicted molar refractivity (Wildman–Crippen MR) is 45.4 cm³/mol. The van der Waals surface area contributed by atoms with Gasteiger partial charge in [0, 0.05) is 13.0 Å². The summed E-state index contributed by atoms with van der Waals surface area (Å²) in [5.41, 5.74) is 0.213. The monoisotopic (exact) mass is 183 g/mol. The maximum absolute atomic E-state index is 12.9. The molecule has 1 aromatic heterocycles. The van der Waals surface area contributed by atoms with Gasteiger partial charge >= 0.3 is 0 Å². The van der Waals surface area contributed by atoms with Crippen molar-refractivity contribution in [2.75, 3.05) is 6.61 Å². The second-order valence-electron chi connectivity index (χ2n) is 2.49. The van der Waals surface area contributed by atoms with Crippen LogP contribution in [0.3, 0.4) is 0 Å². The normalized spacial score (nSPS) is 9.77. The summed E-state index contributed by atoms with van der Waals surface area (Å²) in [5.74, 6) is -0.685. The molecule has 1 rings (SSSR count). The standard InChI is InChI=1S/C9H10FNO2/c1-3-13-9-4-8(6(2)12)11-5-7(9)10/h4-5H,3H2,1-2H3. The lowest BCUT2D eigenvalue weighted by atomic mass is 10.2. The number of hydrogen-bond acceptors (Lipinski definition) is 3. The third-order valence-electron chi connectivity index (χ3n) is 1.48. The first-order chi connectivity index (χ1) is 6.15. The minimum atomic E-state index is -0.549. The third-order valence-corrected chi connectivity index (χ3v) is 1.48. The van der Waals surface area contributed by atoms with E-state index in [2.05, 4.69) is 4.98 Å². The highest BCUT2D eigenvalue weighted by molar-refractivity contribution is 5.92. The van der Waals surface area contributed by atoms with Crippen molar-refractivity contribution in [1.29, 1.82) is 0 Å². The fourth-order valence-corrected chi connectivity index (χ4v) is 0.879. The number of Topliss-reactive ketones (excluding diaryl/α,β-unsaturated/α-hetero) is 1. The minimum absolute atomic E-state index is 0.0719. The molecule has 1 aromatic rings. The summed E-state index contributed by atoms with van der Waals surface area (Å²) < 4.78 is 17.9. The SMILES string of the molecule is CCOc1cc(C(C)=O)ncc1F. The molecule has 0 spiro atoms. The zero-order chi connectivity index (χ0) is 9.84. The van der Waals surface area contributed by atoms with Crippen molar-refractivity contribution in [2.24, 2.45) is 0 Å². The Hall–Kier alpha value is -1.45. The topological polar surface area (TPSA) is 39.2 Å². The highest BCUT2D eigenvalue weighted by Gasteiger charge is 2.07. The van der Waals surface area contributed by atoms with E-state index >= 15 is 0 Å². The van der Waals surface area contributed by atoms with Gasteiger partial charge in [-0.15, -0.1) is 0 Å². The smallest absolute Gasteiger partial charge is 0.183 e. The Morgan fingerprint density at radius 1 is 1.69 bits per heavy atom. The Labute approximate surface area is 75.6 Å². The largest absolute Gasteiger partial charge is 0.491 e. The molecular weight excluding hydrogens is 173 g/mol. The number of pyridine rings is 1. The zero-order valence-corrected chi connectivity index (χ0v) is 7.50. The molecule has 70 valence electrons. The molecule has 0 atom stereocenters. The molecule has 4 heteroatoms. The highest BCUT2D eigenvalue weighted by Crippen LogP contribution is 2.16. The van der Waals surface area contributed by atoms with E-state index in [-0.39, 0.29) is 17.2 Å². The van der Waals surface area contributed by atoms with E-state index in [0.29, 0.717) is 6.61 Å². The Morgan fingerprint density at radius 3 is 2.92 bits per heavy atom. The molecule has 0 amide bonds. The first kappa shape index (κ1) is 9.64. The summed E-state index contributed by atoms with van der Waals surface area (Å²) in [4.78, 5) is 14.5. The molecule has 1 heterocycles. The van der Waals surface area contributed by atoms with Gasteiger partial charge in [0.15, 0.2) is 17.3 Å². The Kier molecular flexibility index (Phi) is 2.95. The van der Waals surface area contributed by atoms with E-state index in [1.165, 1.54) is 13.0 Å². The number of carbonyl (C=O) groups excluding carboxylic acids is 1. The van der Waals surface area contributed by atoms with Gasteiger partial charge in [-0.05, 0) is 6.92 Å². The van der Waals surface area contributed by atoms with Gasteiger partial charge in [-0.2, -0.15) is 0 Å². The Morgan fingerprint density at radius 2 is 2.38 bits per heavy atom. The van der Waals surface area contributed by atoms with Crippen LogP contribution in [0.2, 0.25) is 0 Å². The van der Waals surface area contributed by atoms with Gasteiger partial charge in [0.1, 0.15) is 5.69 Å². The van der Waals surface area contributed by atoms with Gasteiger partial charge in [0.2, 0.25) is 0 Å². The number of halogens is 1. The van der Waals surface area contributed by atoms with Crippen molar-refractivity contribution in [1.82, 2.24) is 4.98 Å². The molecule has 0 aliphatic heterocycles. The molecule has 0 N–H and O–H groups in total. The summed E-state index contributed by atoms with van der Waals surface area (Å²) >= 11 is 0. The maximum atomic E-state index is 12.9. The maximum Gasteiger partial charge on any atom is 0.183 e. The van der Waals surface area contributed by atoms with Crippen LogP contribution in [0, 0.1) is 5.82 Å². The van der Waals surface area contributed by atoms with Gasteiger partial charge in [-0.25, -0.2) is 9.37 Å². The van der Waals surface area contributed by atoms with Crippen LogP contribution in [0.4, 0.5) is 4.39 Å². The highest BCUT2D eigenvalue weighted by atomic mass is 19.1. The molecule has 0 fully saturated rings. The summed E-state index contributed by atoms with van der Waals surface area (Å²) in [7, 11) is 0. The molecule has 0 bridgehead atoms. The van der Waals surface area contributed by atoms with Crippen molar-refractivity contribution in [2.45, 2.75) is 13.8 Å². The number of ketones is 1. The van der Waals surface area contributed by atoms with E-state index in [9.17, 15) is 9.18 Å². The third kappa shape index (κ3) is 2.24. The first-order valence-corrected chi connectivity index (χ1v) is 3.94. The van der Waals surface area contributed by atoms with Crippen LogP contribution in [0.15, 0.2) is 12.3 Å². The number of nitrogens with zero attached hydrogens (tertiary/aromatic N) is 1. The van der Waals surface area contributed by atoms with Gasteiger partial charge in [-0.1, -0.05) is 0 Å². The van der Waals surface area contributed by atoms with E-state index in [1.807, 2.05) is 0 Å².